The summed E-state index contributed by atoms with van der Waals surface area (Å²) < 4.78 is 10.4. The molecule has 24 heavy (non-hydrogen) atoms. The summed E-state index contributed by atoms with van der Waals surface area (Å²) in [6.07, 6.45) is 4.59. The summed E-state index contributed by atoms with van der Waals surface area (Å²) in [5.41, 5.74) is -1.65. The number of amides is 1. The smallest absolute Gasteiger partial charge is 0.410 e. The molecule has 1 fully saturated rings. The molecule has 0 bridgehead atoms. The van der Waals surface area contributed by atoms with Crippen LogP contribution in [-0.4, -0.2) is 47.0 Å². The number of ether oxygens (including phenoxy) is 2. The molecule has 1 aliphatic rings. The molecule has 0 unspecified atom stereocenters. The molecule has 1 heterocycles. The number of nitrogens with zero attached hydrogens (tertiary/aromatic N) is 1. The first-order chi connectivity index (χ1) is 10.9. The van der Waals surface area contributed by atoms with Crippen molar-refractivity contribution in [1.82, 2.24) is 4.90 Å². The minimum absolute atomic E-state index is 0.223. The molecular weight excluding hydrogens is 310 g/mol. The third-order valence-electron chi connectivity index (χ3n) is 3.70. The topological polar surface area (TPSA) is 72.9 Å². The Kier molecular flexibility index (Phi) is 6.58. The number of esters is 1. The van der Waals surface area contributed by atoms with Gasteiger partial charge in [0.2, 0.25) is 0 Å². The van der Waals surface area contributed by atoms with E-state index >= 15 is 0 Å². The maximum Gasteiger partial charge on any atom is 0.410 e. The predicted molar refractivity (Wildman–Crippen MR) is 90.5 cm³/mol. The Morgan fingerprint density at radius 1 is 1.00 bits per heavy atom. The monoisotopic (exact) mass is 339 g/mol. The molecule has 0 spiro atoms. The summed E-state index contributed by atoms with van der Waals surface area (Å²) >= 11 is 0. The molecular formula is C18H29NO5. The van der Waals surface area contributed by atoms with E-state index in [-0.39, 0.29) is 17.8 Å². The van der Waals surface area contributed by atoms with E-state index in [1.807, 2.05) is 26.8 Å². The Bertz CT molecular complexity index is 508. The van der Waals surface area contributed by atoms with Crippen LogP contribution in [0.2, 0.25) is 0 Å². The molecule has 1 amide bonds. The highest BCUT2D eigenvalue weighted by molar-refractivity contribution is 5.97. The van der Waals surface area contributed by atoms with Gasteiger partial charge in [-0.2, -0.15) is 0 Å². The van der Waals surface area contributed by atoms with Gasteiger partial charge in [-0.15, -0.1) is 0 Å². The van der Waals surface area contributed by atoms with Gasteiger partial charge in [-0.1, -0.05) is 6.08 Å². The number of carbonyl (C=O) groups is 3. The summed E-state index contributed by atoms with van der Waals surface area (Å²) in [4.78, 5) is 36.8. The fraction of sp³-hybridized carbons (Fsp3) is 0.722. The lowest BCUT2D eigenvalue weighted by atomic mass is 9.94. The highest BCUT2D eigenvalue weighted by atomic mass is 16.6. The molecule has 0 aromatic carbocycles. The molecule has 0 aromatic heterocycles. The minimum atomic E-state index is -1.15. The number of carbonyl (C=O) groups excluding carboxylic acids is 3. The fourth-order valence-electron chi connectivity index (χ4n) is 2.43. The van der Waals surface area contributed by atoms with Gasteiger partial charge < -0.3 is 14.4 Å². The third kappa shape index (κ3) is 6.72. The molecule has 6 nitrogen and oxygen atoms in total. The van der Waals surface area contributed by atoms with Crippen molar-refractivity contribution in [1.29, 1.82) is 0 Å². The molecule has 0 atom stereocenters. The Labute approximate surface area is 144 Å². The summed E-state index contributed by atoms with van der Waals surface area (Å²) in [6, 6.07) is 0. The number of ketones is 1. The maximum atomic E-state index is 12.1. The van der Waals surface area contributed by atoms with Crippen molar-refractivity contribution in [2.45, 2.75) is 65.6 Å². The average molecular weight is 339 g/mol. The van der Waals surface area contributed by atoms with Crippen LogP contribution in [0.1, 0.15) is 54.4 Å². The van der Waals surface area contributed by atoms with Gasteiger partial charge in [-0.3, -0.25) is 9.59 Å². The second-order valence-electron chi connectivity index (χ2n) is 7.63. The minimum Gasteiger partial charge on any atom is -0.451 e. The van der Waals surface area contributed by atoms with Crippen molar-refractivity contribution in [3.8, 4) is 0 Å². The maximum absolute atomic E-state index is 12.1. The lowest BCUT2D eigenvalue weighted by molar-refractivity contribution is -0.159. The average Bonchev–Trinajstić information content (AvgIpc) is 2.42. The third-order valence-corrected chi connectivity index (χ3v) is 3.70. The summed E-state index contributed by atoms with van der Waals surface area (Å²) in [5.74, 6) is -0.500. The number of rotatable bonds is 4. The van der Waals surface area contributed by atoms with Crippen LogP contribution >= 0.6 is 0 Å². The predicted octanol–water partition coefficient (Wildman–Crippen LogP) is 3.10. The zero-order valence-electron chi connectivity index (χ0n) is 15.5. The number of piperidine rings is 1. The van der Waals surface area contributed by atoms with Crippen LogP contribution in [0.15, 0.2) is 12.2 Å². The highest BCUT2D eigenvalue weighted by Gasteiger charge is 2.30. The molecule has 6 heteroatoms. The fourth-order valence-corrected chi connectivity index (χ4v) is 2.43. The zero-order valence-corrected chi connectivity index (χ0v) is 15.5. The van der Waals surface area contributed by atoms with Crippen molar-refractivity contribution in [2.75, 3.05) is 13.1 Å². The van der Waals surface area contributed by atoms with Crippen LogP contribution in [0.4, 0.5) is 4.79 Å². The second-order valence-corrected chi connectivity index (χ2v) is 7.63. The van der Waals surface area contributed by atoms with Crippen LogP contribution in [0.3, 0.4) is 0 Å². The van der Waals surface area contributed by atoms with E-state index in [1.54, 1.807) is 18.7 Å². The Hall–Kier alpha value is -1.85. The zero-order chi connectivity index (χ0) is 18.5. The van der Waals surface area contributed by atoms with E-state index in [9.17, 15) is 14.4 Å². The van der Waals surface area contributed by atoms with Crippen molar-refractivity contribution < 1.29 is 23.9 Å². The van der Waals surface area contributed by atoms with Gasteiger partial charge >= 0.3 is 12.1 Å². The Balaban J connectivity index is 2.50. The molecule has 0 aromatic rings. The summed E-state index contributed by atoms with van der Waals surface area (Å²) in [5, 5.41) is 0. The quantitative estimate of drug-likeness (QED) is 0.581. The van der Waals surface area contributed by atoms with Crippen molar-refractivity contribution >= 4 is 17.8 Å². The second kappa shape index (κ2) is 7.81. The van der Waals surface area contributed by atoms with Crippen molar-refractivity contribution in [3.63, 3.8) is 0 Å². The van der Waals surface area contributed by atoms with E-state index in [1.165, 1.54) is 13.0 Å². The Morgan fingerprint density at radius 2 is 1.54 bits per heavy atom. The molecule has 136 valence electrons. The standard InChI is InChI=1S/C18H29NO5/c1-13(20)23-18(5,6)15(21)8-7-14-9-11-19(12-10-14)16(22)24-17(2,3)4/h7-8,14H,9-12H2,1-6H3. The van der Waals surface area contributed by atoms with Gasteiger partial charge in [0.05, 0.1) is 0 Å². The van der Waals surface area contributed by atoms with Gasteiger partial charge in [0, 0.05) is 20.0 Å². The Morgan fingerprint density at radius 3 is 2.00 bits per heavy atom. The molecule has 1 rings (SSSR count). The highest BCUT2D eigenvalue weighted by Crippen LogP contribution is 2.21. The van der Waals surface area contributed by atoms with Crippen molar-refractivity contribution in [2.24, 2.45) is 5.92 Å². The van der Waals surface area contributed by atoms with E-state index in [0.29, 0.717) is 13.1 Å². The first-order valence-corrected chi connectivity index (χ1v) is 8.31. The van der Waals surface area contributed by atoms with Gasteiger partial charge in [0.15, 0.2) is 11.4 Å². The van der Waals surface area contributed by atoms with Crippen LogP contribution in [0, 0.1) is 5.92 Å². The van der Waals surface area contributed by atoms with Crippen LogP contribution < -0.4 is 0 Å². The number of likely N-dealkylation sites (tertiary alicyclic amines) is 1. The van der Waals surface area contributed by atoms with Crippen molar-refractivity contribution in [3.05, 3.63) is 12.2 Å². The SMILES string of the molecule is CC(=O)OC(C)(C)C(=O)C=CC1CCN(C(=O)OC(C)(C)C)CC1. The molecule has 1 saturated heterocycles. The number of hydrogen-bond donors (Lipinski definition) is 0. The van der Waals surface area contributed by atoms with E-state index < -0.39 is 17.2 Å². The number of hydrogen-bond acceptors (Lipinski definition) is 5. The lowest BCUT2D eigenvalue weighted by Crippen LogP contribution is -2.41. The lowest BCUT2D eigenvalue weighted by Gasteiger charge is -2.32. The molecule has 0 radical (unpaired) electrons. The van der Waals surface area contributed by atoms with E-state index in [4.69, 9.17) is 9.47 Å². The van der Waals surface area contributed by atoms with Crippen LogP contribution in [-0.2, 0) is 19.1 Å². The first-order valence-electron chi connectivity index (χ1n) is 8.31. The number of allylic oxidation sites excluding steroid dienone is 1. The molecule has 0 saturated carbocycles. The van der Waals surface area contributed by atoms with Gasteiger partial charge in [-0.05, 0) is 59.5 Å². The molecule has 0 aliphatic carbocycles. The summed E-state index contributed by atoms with van der Waals surface area (Å²) in [6.45, 7) is 11.2. The van der Waals surface area contributed by atoms with E-state index in [2.05, 4.69) is 0 Å². The van der Waals surface area contributed by atoms with Crippen LogP contribution in [0.5, 0.6) is 0 Å². The van der Waals surface area contributed by atoms with Gasteiger partial charge in [0.1, 0.15) is 5.60 Å². The van der Waals surface area contributed by atoms with Gasteiger partial charge in [0.25, 0.3) is 0 Å². The molecule has 1 aliphatic heterocycles. The normalized spacial score (nSPS) is 17.0. The first kappa shape index (κ1) is 20.2. The van der Waals surface area contributed by atoms with E-state index in [0.717, 1.165) is 12.8 Å². The summed E-state index contributed by atoms with van der Waals surface area (Å²) in [7, 11) is 0. The largest absolute Gasteiger partial charge is 0.451 e. The molecule has 0 N–H and O–H groups in total. The van der Waals surface area contributed by atoms with Gasteiger partial charge in [-0.25, -0.2) is 4.79 Å². The van der Waals surface area contributed by atoms with Crippen LogP contribution in [0.25, 0.3) is 0 Å².